The quantitative estimate of drug-likeness (QED) is 0.911. The van der Waals surface area contributed by atoms with Gasteiger partial charge in [-0.1, -0.05) is 11.3 Å². The highest BCUT2D eigenvalue weighted by Crippen LogP contribution is 2.35. The molecule has 0 aliphatic heterocycles. The van der Waals surface area contributed by atoms with Gasteiger partial charge in [-0.25, -0.2) is 0 Å². The van der Waals surface area contributed by atoms with Crippen molar-refractivity contribution in [3.8, 4) is 9.88 Å². The molecule has 1 N–H and O–H groups in total. The van der Waals surface area contributed by atoms with Gasteiger partial charge in [-0.2, -0.15) is 0 Å². The summed E-state index contributed by atoms with van der Waals surface area (Å²) in [7, 11) is 0. The summed E-state index contributed by atoms with van der Waals surface area (Å²) in [6, 6.07) is 2.04. The lowest BCUT2D eigenvalue weighted by Crippen LogP contribution is -2.37. The molecule has 0 aromatic carbocycles. The highest BCUT2D eigenvalue weighted by Gasteiger charge is 2.12. The second kappa shape index (κ2) is 5.77. The van der Waals surface area contributed by atoms with E-state index in [4.69, 9.17) is 0 Å². The third-order valence-electron chi connectivity index (χ3n) is 2.27. The van der Waals surface area contributed by atoms with Crippen molar-refractivity contribution in [2.45, 2.75) is 32.7 Å². The minimum absolute atomic E-state index is 0.157. The van der Waals surface area contributed by atoms with Crippen molar-refractivity contribution in [3.05, 3.63) is 20.9 Å². The van der Waals surface area contributed by atoms with E-state index in [1.54, 1.807) is 22.7 Å². The Labute approximate surface area is 124 Å². The zero-order valence-corrected chi connectivity index (χ0v) is 13.9. The molecular formula is C12H16BrN3S2. The molecule has 0 fully saturated rings. The van der Waals surface area contributed by atoms with Crippen LogP contribution in [0.1, 0.15) is 25.8 Å². The molecule has 2 rings (SSSR count). The van der Waals surface area contributed by atoms with E-state index in [0.29, 0.717) is 0 Å². The molecule has 0 amide bonds. The van der Waals surface area contributed by atoms with Crippen molar-refractivity contribution in [1.82, 2.24) is 15.5 Å². The fourth-order valence-electron chi connectivity index (χ4n) is 1.44. The molecule has 2 aromatic heterocycles. The van der Waals surface area contributed by atoms with Gasteiger partial charge in [-0.3, -0.25) is 0 Å². The van der Waals surface area contributed by atoms with E-state index in [1.165, 1.54) is 4.88 Å². The first kappa shape index (κ1) is 14.1. The van der Waals surface area contributed by atoms with Crippen LogP contribution in [0.4, 0.5) is 0 Å². The van der Waals surface area contributed by atoms with Crippen LogP contribution in [0.15, 0.2) is 15.9 Å². The molecule has 2 aromatic rings. The average molecular weight is 346 g/mol. The molecule has 18 heavy (non-hydrogen) atoms. The van der Waals surface area contributed by atoms with Crippen LogP contribution in [0.2, 0.25) is 0 Å². The van der Waals surface area contributed by atoms with Gasteiger partial charge in [-0.15, -0.1) is 21.5 Å². The Kier molecular flexibility index (Phi) is 4.53. The lowest BCUT2D eigenvalue weighted by atomic mass is 10.1. The summed E-state index contributed by atoms with van der Waals surface area (Å²) in [6.07, 6.45) is 0.929. The lowest BCUT2D eigenvalue weighted by Gasteiger charge is -2.19. The van der Waals surface area contributed by atoms with Crippen molar-refractivity contribution in [3.63, 3.8) is 0 Å². The number of halogens is 1. The molecule has 0 aliphatic rings. The topological polar surface area (TPSA) is 37.8 Å². The zero-order chi connectivity index (χ0) is 13.2. The fourth-order valence-corrected chi connectivity index (χ4v) is 4.07. The number of hydrogen-bond donors (Lipinski definition) is 1. The van der Waals surface area contributed by atoms with Crippen LogP contribution in [0.5, 0.6) is 0 Å². The molecule has 3 nitrogen and oxygen atoms in total. The molecule has 0 atom stereocenters. The number of rotatable bonds is 4. The standard InChI is InChI=1S/C12H16BrN3S2/c1-12(2,3)14-6-4-9-15-16-11(18-9)10-8(13)5-7-17-10/h5,7,14H,4,6H2,1-3H3. The Hall–Kier alpha value is -0.300. The summed E-state index contributed by atoms with van der Waals surface area (Å²) < 4.78 is 1.10. The number of nitrogens with zero attached hydrogens (tertiary/aromatic N) is 2. The number of hydrogen-bond acceptors (Lipinski definition) is 5. The first-order valence-corrected chi connectivity index (χ1v) is 8.25. The summed E-state index contributed by atoms with van der Waals surface area (Å²) in [5.41, 5.74) is 0.157. The van der Waals surface area contributed by atoms with Gasteiger partial charge in [0.25, 0.3) is 0 Å². The Balaban J connectivity index is 1.97. The molecule has 0 unspecified atom stereocenters. The maximum absolute atomic E-state index is 4.26. The molecule has 0 radical (unpaired) electrons. The highest BCUT2D eigenvalue weighted by molar-refractivity contribution is 9.10. The molecule has 0 saturated carbocycles. The Morgan fingerprint density at radius 1 is 1.33 bits per heavy atom. The third-order valence-corrected chi connectivity index (χ3v) is 5.25. The van der Waals surface area contributed by atoms with Gasteiger partial charge in [0.05, 0.1) is 4.88 Å². The lowest BCUT2D eigenvalue weighted by molar-refractivity contribution is 0.429. The first-order valence-electron chi connectivity index (χ1n) is 5.76. The van der Waals surface area contributed by atoms with Gasteiger partial charge < -0.3 is 5.32 Å². The Morgan fingerprint density at radius 2 is 2.11 bits per heavy atom. The summed E-state index contributed by atoms with van der Waals surface area (Å²) >= 11 is 6.89. The summed E-state index contributed by atoms with van der Waals surface area (Å²) in [5.74, 6) is 0. The van der Waals surface area contributed by atoms with Gasteiger partial charge in [0, 0.05) is 23.0 Å². The summed E-state index contributed by atoms with van der Waals surface area (Å²) in [6.45, 7) is 7.44. The summed E-state index contributed by atoms with van der Waals surface area (Å²) in [5, 5.41) is 16.1. The van der Waals surface area contributed by atoms with Gasteiger partial charge in [0.15, 0.2) is 5.01 Å². The SMILES string of the molecule is CC(C)(C)NCCc1nnc(-c2sccc2Br)s1. The molecule has 0 saturated heterocycles. The van der Waals surface area contributed by atoms with Gasteiger partial charge in [0.1, 0.15) is 5.01 Å². The Bertz CT molecular complexity index is 513. The normalized spacial score (nSPS) is 12.0. The van der Waals surface area contributed by atoms with E-state index < -0.39 is 0 Å². The van der Waals surface area contributed by atoms with E-state index in [1.807, 2.05) is 6.07 Å². The monoisotopic (exact) mass is 345 g/mol. The van der Waals surface area contributed by atoms with Gasteiger partial charge in [-0.05, 0) is 48.1 Å². The minimum atomic E-state index is 0.157. The molecule has 2 heterocycles. The van der Waals surface area contributed by atoms with Gasteiger partial charge in [0.2, 0.25) is 0 Å². The molecule has 0 bridgehead atoms. The number of aromatic nitrogens is 2. The van der Waals surface area contributed by atoms with Crippen molar-refractivity contribution in [2.75, 3.05) is 6.54 Å². The maximum Gasteiger partial charge on any atom is 0.158 e. The fraction of sp³-hybridized carbons (Fsp3) is 0.500. The Morgan fingerprint density at radius 3 is 2.72 bits per heavy atom. The molecule has 98 valence electrons. The predicted octanol–water partition coefficient (Wildman–Crippen LogP) is 3.96. The van der Waals surface area contributed by atoms with Crippen LogP contribution >= 0.6 is 38.6 Å². The molecule has 0 spiro atoms. The second-order valence-corrected chi connectivity index (χ2v) is 7.86. The third kappa shape index (κ3) is 3.85. The van der Waals surface area contributed by atoms with E-state index in [9.17, 15) is 0 Å². The number of thiophene rings is 1. The van der Waals surface area contributed by atoms with Gasteiger partial charge >= 0.3 is 0 Å². The van der Waals surface area contributed by atoms with Crippen molar-refractivity contribution in [1.29, 1.82) is 0 Å². The van der Waals surface area contributed by atoms with Crippen molar-refractivity contribution < 1.29 is 0 Å². The zero-order valence-electron chi connectivity index (χ0n) is 10.7. The molecule has 6 heteroatoms. The van der Waals surface area contributed by atoms with Crippen molar-refractivity contribution >= 4 is 38.6 Å². The average Bonchev–Trinajstić information content (AvgIpc) is 2.84. The summed E-state index contributed by atoms with van der Waals surface area (Å²) in [4.78, 5) is 1.17. The maximum atomic E-state index is 4.26. The van der Waals surface area contributed by atoms with Crippen LogP contribution in [0.25, 0.3) is 9.88 Å². The molecular weight excluding hydrogens is 330 g/mol. The van der Waals surface area contributed by atoms with Crippen LogP contribution in [-0.2, 0) is 6.42 Å². The number of nitrogens with one attached hydrogen (secondary N) is 1. The first-order chi connectivity index (χ1) is 8.46. The van der Waals surface area contributed by atoms with Crippen LogP contribution in [-0.4, -0.2) is 22.3 Å². The predicted molar refractivity (Wildman–Crippen MR) is 82.4 cm³/mol. The highest BCUT2D eigenvalue weighted by atomic mass is 79.9. The van der Waals surface area contributed by atoms with Crippen molar-refractivity contribution in [2.24, 2.45) is 0 Å². The van der Waals surface area contributed by atoms with E-state index in [0.717, 1.165) is 27.5 Å². The van der Waals surface area contributed by atoms with Crippen LogP contribution < -0.4 is 5.32 Å². The van der Waals surface area contributed by atoms with Crippen LogP contribution in [0, 0.1) is 0 Å². The van der Waals surface area contributed by atoms with E-state index >= 15 is 0 Å². The van der Waals surface area contributed by atoms with E-state index in [2.05, 4.69) is 57.6 Å². The minimum Gasteiger partial charge on any atom is -0.312 e. The second-order valence-electron chi connectivity index (χ2n) is 5.03. The largest absolute Gasteiger partial charge is 0.312 e. The molecule has 0 aliphatic carbocycles. The smallest absolute Gasteiger partial charge is 0.158 e. The van der Waals surface area contributed by atoms with E-state index in [-0.39, 0.29) is 5.54 Å². The van der Waals surface area contributed by atoms with Crippen LogP contribution in [0.3, 0.4) is 0 Å².